The second-order valence-corrected chi connectivity index (χ2v) is 18.2. The molecule has 4 amide bonds. The lowest BCUT2D eigenvalue weighted by Crippen LogP contribution is -2.58. The van der Waals surface area contributed by atoms with Crippen LogP contribution in [0.25, 0.3) is 0 Å². The lowest BCUT2D eigenvalue weighted by Gasteiger charge is -2.35. The summed E-state index contributed by atoms with van der Waals surface area (Å²) >= 11 is 1.91. The van der Waals surface area contributed by atoms with Crippen LogP contribution in [0.2, 0.25) is 0 Å². The van der Waals surface area contributed by atoms with Crippen LogP contribution in [-0.2, 0) is 19.1 Å². The Balaban J connectivity index is 1.25. The lowest BCUT2D eigenvalue weighted by atomic mass is 9.80. The van der Waals surface area contributed by atoms with Gasteiger partial charge in [-0.1, -0.05) is 45.8 Å². The molecule has 2 aliphatic carbocycles. The van der Waals surface area contributed by atoms with Crippen molar-refractivity contribution >= 4 is 35.6 Å². The summed E-state index contributed by atoms with van der Waals surface area (Å²) in [6, 6.07) is -2.30. The first-order chi connectivity index (χ1) is 24.8. The molecule has 0 aromatic heterocycles. The number of carboxylic acids is 1. The van der Waals surface area contributed by atoms with Crippen molar-refractivity contribution in [2.75, 3.05) is 26.0 Å². The van der Waals surface area contributed by atoms with E-state index in [0.29, 0.717) is 25.2 Å². The number of hydrogen-bond donors (Lipinski definition) is 7. The number of methoxy groups -OCH3 is 1. The topological polar surface area (TPSA) is 176 Å². The minimum Gasteiger partial charge on any atom is -0.479 e. The normalized spacial score (nSPS) is 39.0. The summed E-state index contributed by atoms with van der Waals surface area (Å²) in [7, 11) is 1.79. The van der Waals surface area contributed by atoms with Gasteiger partial charge in [-0.3, -0.25) is 9.59 Å². The largest absolute Gasteiger partial charge is 0.479 e. The number of carbonyl (C=O) groups is 4. The molecule has 6 aliphatic rings. The highest BCUT2D eigenvalue weighted by atomic mass is 32.2. The molecule has 0 aromatic carbocycles. The third-order valence-electron chi connectivity index (χ3n) is 12.5. The number of allylic oxidation sites excluding steroid dienone is 1. The van der Waals surface area contributed by atoms with E-state index in [2.05, 4.69) is 32.1 Å². The molecular formula is C37H62N8O6S. The lowest BCUT2D eigenvalue weighted by molar-refractivity contribution is -0.145. The zero-order chi connectivity index (χ0) is 37.2. The van der Waals surface area contributed by atoms with Gasteiger partial charge in [0.15, 0.2) is 0 Å². The van der Waals surface area contributed by atoms with Gasteiger partial charge < -0.3 is 36.0 Å². The molecule has 6 rings (SSSR count). The number of amides is 4. The number of hydrogen-bond acceptors (Lipinski definition) is 10. The number of aliphatic carboxylic acids is 1. The van der Waals surface area contributed by atoms with Crippen molar-refractivity contribution in [1.82, 2.24) is 42.1 Å². The molecule has 7 N–H and O–H groups in total. The minimum atomic E-state index is -1.38. The molecule has 5 fully saturated rings. The van der Waals surface area contributed by atoms with Gasteiger partial charge in [0.1, 0.15) is 17.6 Å². The van der Waals surface area contributed by atoms with Crippen molar-refractivity contribution in [3.63, 3.8) is 0 Å². The molecule has 3 saturated heterocycles. The van der Waals surface area contributed by atoms with Crippen molar-refractivity contribution in [3.8, 4) is 0 Å². The van der Waals surface area contributed by atoms with Crippen LogP contribution in [0.3, 0.4) is 0 Å². The molecule has 14 nitrogen and oxygen atoms in total. The Morgan fingerprint density at radius 1 is 1.08 bits per heavy atom. The predicted octanol–water partition coefficient (Wildman–Crippen LogP) is 2.47. The third kappa shape index (κ3) is 8.75. The molecule has 4 aliphatic heterocycles. The molecule has 0 radical (unpaired) electrons. The van der Waals surface area contributed by atoms with Gasteiger partial charge >= 0.3 is 12.0 Å². The zero-order valence-corrected chi connectivity index (χ0v) is 32.4. The van der Waals surface area contributed by atoms with E-state index in [1.807, 2.05) is 56.7 Å². The second kappa shape index (κ2) is 16.5. The summed E-state index contributed by atoms with van der Waals surface area (Å²) < 4.78 is 5.67. The minimum absolute atomic E-state index is 0.108. The van der Waals surface area contributed by atoms with E-state index in [0.717, 1.165) is 63.7 Å². The van der Waals surface area contributed by atoms with Crippen LogP contribution < -0.4 is 32.1 Å². The van der Waals surface area contributed by atoms with Crippen LogP contribution in [0.1, 0.15) is 98.3 Å². The van der Waals surface area contributed by atoms with Gasteiger partial charge in [0.25, 0.3) is 0 Å². The van der Waals surface area contributed by atoms with Gasteiger partial charge in [0.2, 0.25) is 11.8 Å². The van der Waals surface area contributed by atoms with Crippen molar-refractivity contribution in [3.05, 3.63) is 12.2 Å². The van der Waals surface area contributed by atoms with E-state index < -0.39 is 35.5 Å². The highest BCUT2D eigenvalue weighted by Crippen LogP contribution is 2.45. The van der Waals surface area contributed by atoms with E-state index in [1.54, 1.807) is 12.0 Å². The number of thioether (sulfide) groups is 1. The van der Waals surface area contributed by atoms with E-state index in [1.165, 1.54) is 0 Å². The number of rotatable bonds is 7. The number of ether oxygens (including phenoxy) is 1. The SMILES string of the molecule is COC1CCC(C2NN([C@@H]3C[C@H]4C(=O)N[C@]5(C(=O)O)C[C@H]5/C=C\CCCCC[C@H](NC(=O)N[C@H](C)C(C)(C)C)C(=O)N4C3)NC2C2NCCS2)CC1. The Kier molecular flexibility index (Phi) is 12.5. The number of carboxylic acid groups (broad SMARTS) is 1. The van der Waals surface area contributed by atoms with Crippen molar-refractivity contribution in [2.45, 2.75) is 152 Å². The summed E-state index contributed by atoms with van der Waals surface area (Å²) in [5.41, 5.74) is 6.00. The highest BCUT2D eigenvalue weighted by Gasteiger charge is 2.61. The van der Waals surface area contributed by atoms with Gasteiger partial charge in [0, 0.05) is 44.0 Å². The Hall–Kier alpha value is -2.43. The van der Waals surface area contributed by atoms with Gasteiger partial charge in [0.05, 0.1) is 23.6 Å². The Morgan fingerprint density at radius 2 is 1.83 bits per heavy atom. The van der Waals surface area contributed by atoms with E-state index >= 15 is 0 Å². The van der Waals surface area contributed by atoms with Crippen molar-refractivity contribution in [1.29, 1.82) is 0 Å². The van der Waals surface area contributed by atoms with Crippen molar-refractivity contribution < 1.29 is 29.0 Å². The van der Waals surface area contributed by atoms with Crippen LogP contribution in [0, 0.1) is 17.3 Å². The number of nitrogens with zero attached hydrogens (tertiary/aromatic N) is 2. The first kappa shape index (κ1) is 39.3. The Morgan fingerprint density at radius 3 is 2.50 bits per heavy atom. The van der Waals surface area contributed by atoms with Crippen LogP contribution in [0.5, 0.6) is 0 Å². The van der Waals surface area contributed by atoms with Crippen molar-refractivity contribution in [2.24, 2.45) is 17.3 Å². The first-order valence-corrected chi connectivity index (χ1v) is 20.6. The number of fused-ring (bicyclic) bond motifs is 2. The van der Waals surface area contributed by atoms with Gasteiger partial charge in [-0.05, 0) is 76.0 Å². The summed E-state index contributed by atoms with van der Waals surface area (Å²) in [4.78, 5) is 56.4. The first-order valence-electron chi connectivity index (χ1n) is 19.6. The molecule has 0 bridgehead atoms. The molecule has 2 saturated carbocycles. The molecule has 52 heavy (non-hydrogen) atoms. The molecule has 3 unspecified atom stereocenters. The smallest absolute Gasteiger partial charge is 0.330 e. The highest BCUT2D eigenvalue weighted by molar-refractivity contribution is 8.00. The van der Waals surface area contributed by atoms with Gasteiger partial charge in [-0.15, -0.1) is 11.8 Å². The molecule has 9 atom stereocenters. The molecule has 4 heterocycles. The Labute approximate surface area is 313 Å². The van der Waals surface area contributed by atoms with E-state index in [-0.39, 0.29) is 59.4 Å². The van der Waals surface area contributed by atoms with E-state index in [9.17, 15) is 24.3 Å². The summed E-state index contributed by atoms with van der Waals surface area (Å²) in [6.45, 7) is 9.28. The molecule has 292 valence electrons. The van der Waals surface area contributed by atoms with Gasteiger partial charge in [-0.25, -0.2) is 20.4 Å². The molecule has 0 aromatic rings. The fourth-order valence-electron chi connectivity index (χ4n) is 8.62. The molecule has 0 spiro atoms. The number of urea groups is 1. The second-order valence-electron chi connectivity index (χ2n) is 17.0. The summed E-state index contributed by atoms with van der Waals surface area (Å²) in [6.07, 6.45) is 12.7. The van der Waals surface area contributed by atoms with E-state index in [4.69, 9.17) is 4.74 Å². The maximum Gasteiger partial charge on any atom is 0.330 e. The summed E-state index contributed by atoms with van der Waals surface area (Å²) in [5, 5.41) is 25.1. The quantitative estimate of drug-likeness (QED) is 0.191. The fourth-order valence-corrected chi connectivity index (χ4v) is 9.79. The monoisotopic (exact) mass is 746 g/mol. The van der Waals surface area contributed by atoms with Crippen LogP contribution >= 0.6 is 11.8 Å². The maximum absolute atomic E-state index is 14.6. The fraction of sp³-hybridized carbons (Fsp3) is 0.838. The molecule has 15 heteroatoms. The molecular weight excluding hydrogens is 685 g/mol. The standard InChI is InChI=1S/C37H62N8O6S/c1-22(36(2,3)4)39-35(50)40-27-12-10-8-6-7-9-11-24-20-37(24,34(48)49)41-31(46)28-19-25(21-44(28)33(27)47)45-42-29(23-13-15-26(51-5)16-14-23)30(43-45)32-38-17-18-52-32/h9,11,22-30,32,38,42-43H,6-8,10,12-21H2,1-5H3,(H,41,46)(H,48,49)(H2,39,40,50)/b11-9-/t22-,23?,24-,25-,26?,27+,28+,29?,30?,32?,37-/m1/s1. The van der Waals surface area contributed by atoms with Crippen LogP contribution in [0.15, 0.2) is 12.2 Å². The summed E-state index contributed by atoms with van der Waals surface area (Å²) in [5.74, 6) is -0.661. The average molecular weight is 747 g/mol. The predicted molar refractivity (Wildman–Crippen MR) is 200 cm³/mol. The van der Waals surface area contributed by atoms with Crippen LogP contribution in [0.4, 0.5) is 4.79 Å². The zero-order valence-electron chi connectivity index (χ0n) is 31.6. The number of carbonyl (C=O) groups excluding carboxylic acids is 3. The number of hydrazine groups is 2. The van der Waals surface area contributed by atoms with Gasteiger partial charge in [-0.2, -0.15) is 5.12 Å². The third-order valence-corrected chi connectivity index (χ3v) is 13.8. The maximum atomic E-state index is 14.6. The average Bonchev–Trinajstić information content (AvgIpc) is 3.56. The van der Waals surface area contributed by atoms with Crippen LogP contribution in [-0.4, -0.2) is 118 Å². The Bertz CT molecular complexity index is 1330. The number of nitrogens with one attached hydrogen (secondary N) is 6.